The number of methoxy groups -OCH3 is 1. The number of ether oxygens (including phenoxy) is 1. The number of fused-ring (bicyclic) bond motifs is 2. The molecule has 0 bridgehead atoms. The van der Waals surface area contributed by atoms with Crippen molar-refractivity contribution in [2.24, 2.45) is 0 Å². The molecule has 0 radical (unpaired) electrons. The van der Waals surface area contributed by atoms with Gasteiger partial charge in [0.1, 0.15) is 17.1 Å². The van der Waals surface area contributed by atoms with Gasteiger partial charge in [-0.05, 0) is 36.4 Å². The predicted octanol–water partition coefficient (Wildman–Crippen LogP) is 3.43. The van der Waals surface area contributed by atoms with E-state index in [1.807, 2.05) is 49.3 Å². The van der Waals surface area contributed by atoms with Crippen molar-refractivity contribution in [2.75, 3.05) is 37.3 Å². The first-order valence-corrected chi connectivity index (χ1v) is 10.1. The third-order valence-electron chi connectivity index (χ3n) is 4.87. The predicted molar refractivity (Wildman–Crippen MR) is 102 cm³/mol. The fourth-order valence-electron chi connectivity index (χ4n) is 3.51. The summed E-state index contributed by atoms with van der Waals surface area (Å²) in [5.41, 5.74) is 2.58. The fourth-order valence-corrected chi connectivity index (χ4v) is 4.15. The van der Waals surface area contributed by atoms with E-state index in [2.05, 4.69) is 4.90 Å². The van der Waals surface area contributed by atoms with Crippen LogP contribution in [0.5, 0.6) is 5.75 Å². The first-order valence-electron chi connectivity index (χ1n) is 8.17. The molecule has 1 atom stereocenters. The maximum absolute atomic E-state index is 11.9. The smallest absolute Gasteiger partial charge is 0.175 e. The van der Waals surface area contributed by atoms with Crippen LogP contribution in [0.4, 0.5) is 11.4 Å². The molecule has 0 aliphatic carbocycles. The molecule has 1 aromatic heterocycles. The molecule has 6 nitrogen and oxygen atoms in total. The third kappa shape index (κ3) is 2.50. The lowest BCUT2D eigenvalue weighted by Crippen LogP contribution is -2.30. The Labute approximate surface area is 152 Å². The maximum Gasteiger partial charge on any atom is 0.175 e. The second kappa shape index (κ2) is 5.67. The Morgan fingerprint density at radius 1 is 1.00 bits per heavy atom. The van der Waals surface area contributed by atoms with Gasteiger partial charge in [0, 0.05) is 31.8 Å². The Kier molecular flexibility index (Phi) is 3.66. The number of hydrogen-bond acceptors (Lipinski definition) is 6. The van der Waals surface area contributed by atoms with E-state index in [1.165, 1.54) is 6.26 Å². The van der Waals surface area contributed by atoms with Crippen molar-refractivity contribution in [2.45, 2.75) is 11.1 Å². The van der Waals surface area contributed by atoms with Gasteiger partial charge in [0.2, 0.25) is 0 Å². The topological polar surface area (TPSA) is 63.0 Å². The highest BCUT2D eigenvalue weighted by Crippen LogP contribution is 2.46. The summed E-state index contributed by atoms with van der Waals surface area (Å²) in [6, 6.07) is 12.9. The molecular formula is C19H20N2O4S. The van der Waals surface area contributed by atoms with E-state index in [9.17, 15) is 8.42 Å². The van der Waals surface area contributed by atoms with Crippen molar-refractivity contribution in [3.63, 3.8) is 0 Å². The molecule has 0 amide bonds. The van der Waals surface area contributed by atoms with Gasteiger partial charge in [-0.15, -0.1) is 0 Å². The van der Waals surface area contributed by atoms with Crippen LogP contribution in [0.15, 0.2) is 51.8 Å². The van der Waals surface area contributed by atoms with E-state index in [4.69, 9.17) is 9.15 Å². The summed E-state index contributed by atoms with van der Waals surface area (Å²) in [7, 11) is 2.28. The van der Waals surface area contributed by atoms with Crippen molar-refractivity contribution >= 4 is 32.2 Å². The Morgan fingerprint density at radius 3 is 2.42 bits per heavy atom. The van der Waals surface area contributed by atoms with Crippen LogP contribution in [0.25, 0.3) is 11.0 Å². The zero-order valence-electron chi connectivity index (χ0n) is 15.1. The SMILES string of the molecule is COc1ccc2cc(C3N(C)c4ccc(S(C)(=O)=O)cc4N3C)oc2c1. The largest absolute Gasteiger partial charge is 0.497 e. The Balaban J connectivity index is 1.78. The van der Waals surface area contributed by atoms with Gasteiger partial charge >= 0.3 is 0 Å². The van der Waals surface area contributed by atoms with Gasteiger partial charge in [-0.1, -0.05) is 0 Å². The summed E-state index contributed by atoms with van der Waals surface area (Å²) in [4.78, 5) is 4.42. The minimum absolute atomic E-state index is 0.154. The van der Waals surface area contributed by atoms with Crippen molar-refractivity contribution in [1.82, 2.24) is 0 Å². The molecule has 1 aliphatic heterocycles. The highest BCUT2D eigenvalue weighted by Gasteiger charge is 2.35. The lowest BCUT2D eigenvalue weighted by molar-refractivity contribution is 0.414. The van der Waals surface area contributed by atoms with Crippen LogP contribution in [-0.2, 0) is 9.84 Å². The van der Waals surface area contributed by atoms with Gasteiger partial charge in [-0.2, -0.15) is 0 Å². The van der Waals surface area contributed by atoms with Crippen LogP contribution < -0.4 is 14.5 Å². The Bertz CT molecular complexity index is 1100. The zero-order valence-corrected chi connectivity index (χ0v) is 15.9. The van der Waals surface area contributed by atoms with E-state index in [0.717, 1.165) is 33.9 Å². The number of hydrogen-bond donors (Lipinski definition) is 0. The van der Waals surface area contributed by atoms with Crippen LogP contribution in [0.3, 0.4) is 0 Å². The van der Waals surface area contributed by atoms with Gasteiger partial charge in [0.15, 0.2) is 16.0 Å². The number of anilines is 2. The molecular weight excluding hydrogens is 352 g/mol. The van der Waals surface area contributed by atoms with Crippen molar-refractivity contribution in [3.05, 3.63) is 48.2 Å². The van der Waals surface area contributed by atoms with Crippen molar-refractivity contribution < 1.29 is 17.6 Å². The normalized spacial score (nSPS) is 17.0. The lowest BCUT2D eigenvalue weighted by Gasteiger charge is -2.25. The second-order valence-electron chi connectivity index (χ2n) is 6.57. The van der Waals surface area contributed by atoms with Gasteiger partial charge < -0.3 is 19.0 Å². The van der Waals surface area contributed by atoms with Crippen molar-refractivity contribution in [1.29, 1.82) is 0 Å². The van der Waals surface area contributed by atoms with E-state index in [1.54, 1.807) is 19.2 Å². The molecule has 0 saturated carbocycles. The molecule has 2 aromatic carbocycles. The van der Waals surface area contributed by atoms with E-state index in [-0.39, 0.29) is 6.17 Å². The fraction of sp³-hybridized carbons (Fsp3) is 0.263. The first-order chi connectivity index (χ1) is 12.3. The first kappa shape index (κ1) is 16.8. The zero-order chi connectivity index (χ0) is 18.6. The maximum atomic E-state index is 11.9. The van der Waals surface area contributed by atoms with Gasteiger partial charge in [0.05, 0.1) is 23.4 Å². The van der Waals surface area contributed by atoms with Crippen LogP contribution >= 0.6 is 0 Å². The summed E-state index contributed by atoms with van der Waals surface area (Å²) in [5, 5.41) is 0.996. The molecule has 0 N–H and O–H groups in total. The van der Waals surface area contributed by atoms with Gasteiger partial charge in [-0.3, -0.25) is 0 Å². The molecule has 3 aromatic rings. The average Bonchev–Trinajstić information content (AvgIpc) is 3.12. The Morgan fingerprint density at radius 2 is 1.73 bits per heavy atom. The molecule has 26 heavy (non-hydrogen) atoms. The average molecular weight is 372 g/mol. The Hall–Kier alpha value is -2.67. The minimum atomic E-state index is -3.26. The van der Waals surface area contributed by atoms with E-state index >= 15 is 0 Å². The number of rotatable bonds is 3. The minimum Gasteiger partial charge on any atom is -0.497 e. The quantitative estimate of drug-likeness (QED) is 0.702. The summed E-state index contributed by atoms with van der Waals surface area (Å²) in [6.07, 6.45) is 1.07. The highest BCUT2D eigenvalue weighted by molar-refractivity contribution is 7.90. The van der Waals surface area contributed by atoms with E-state index < -0.39 is 9.84 Å². The number of benzene rings is 2. The van der Waals surface area contributed by atoms with Gasteiger partial charge in [0.25, 0.3) is 0 Å². The van der Waals surface area contributed by atoms with Crippen LogP contribution in [0, 0.1) is 0 Å². The lowest BCUT2D eigenvalue weighted by atomic mass is 10.2. The van der Waals surface area contributed by atoms with Crippen LogP contribution in [0.2, 0.25) is 0 Å². The van der Waals surface area contributed by atoms with Crippen LogP contribution in [-0.4, -0.2) is 35.9 Å². The number of sulfone groups is 1. The third-order valence-corrected chi connectivity index (χ3v) is 5.98. The molecule has 0 spiro atoms. The summed E-state index contributed by atoms with van der Waals surface area (Å²) < 4.78 is 35.1. The van der Waals surface area contributed by atoms with Crippen LogP contribution in [0.1, 0.15) is 11.9 Å². The second-order valence-corrected chi connectivity index (χ2v) is 8.59. The summed E-state index contributed by atoms with van der Waals surface area (Å²) >= 11 is 0. The van der Waals surface area contributed by atoms with E-state index in [0.29, 0.717) is 4.90 Å². The summed E-state index contributed by atoms with van der Waals surface area (Å²) in [6.45, 7) is 0. The standard InChI is InChI=1S/C19H20N2O4S/c1-20-15-8-7-14(26(4,22)23)11-16(15)21(2)19(20)18-9-12-5-6-13(24-3)10-17(12)25-18/h5-11,19H,1-4H3. The molecule has 0 saturated heterocycles. The molecule has 1 unspecified atom stereocenters. The summed E-state index contributed by atoms with van der Waals surface area (Å²) in [5.74, 6) is 1.53. The molecule has 2 heterocycles. The molecule has 1 aliphatic rings. The number of nitrogens with zero attached hydrogens (tertiary/aromatic N) is 2. The molecule has 0 fully saturated rings. The highest BCUT2D eigenvalue weighted by atomic mass is 32.2. The monoisotopic (exact) mass is 372 g/mol. The molecule has 4 rings (SSSR count). The number of furan rings is 1. The van der Waals surface area contributed by atoms with Gasteiger partial charge in [-0.25, -0.2) is 8.42 Å². The molecule has 136 valence electrons. The van der Waals surface area contributed by atoms with Crippen molar-refractivity contribution in [3.8, 4) is 5.75 Å². The molecule has 7 heteroatoms.